The summed E-state index contributed by atoms with van der Waals surface area (Å²) in [6.07, 6.45) is 0.0326. The molecule has 120 valence electrons. The molecule has 1 aromatic carbocycles. The lowest BCUT2D eigenvalue weighted by molar-refractivity contribution is 0.0526. The van der Waals surface area contributed by atoms with Crippen LogP contribution in [-0.4, -0.2) is 26.7 Å². The monoisotopic (exact) mass is 316 g/mol. The van der Waals surface area contributed by atoms with E-state index in [0.717, 1.165) is 12.3 Å². The van der Waals surface area contributed by atoms with E-state index >= 15 is 0 Å². The number of hydrogen-bond donors (Lipinski definition) is 0. The predicted octanol–water partition coefficient (Wildman–Crippen LogP) is 1.48. The summed E-state index contributed by atoms with van der Waals surface area (Å²) in [5, 5.41) is 0. The fourth-order valence-corrected chi connectivity index (χ4v) is 1.83. The van der Waals surface area contributed by atoms with Gasteiger partial charge in [-0.1, -0.05) is 18.2 Å². The molecule has 7 heteroatoms. The molecule has 2 aromatic rings. The quantitative estimate of drug-likeness (QED) is 0.795. The minimum atomic E-state index is -1.07. The molecule has 2 rings (SSSR count). The van der Waals surface area contributed by atoms with Crippen LogP contribution in [-0.2, 0) is 4.74 Å². The Labute approximate surface area is 131 Å². The van der Waals surface area contributed by atoms with Gasteiger partial charge in [0.05, 0.1) is 0 Å². The van der Waals surface area contributed by atoms with Gasteiger partial charge in [-0.05, 0) is 32.9 Å². The summed E-state index contributed by atoms with van der Waals surface area (Å²) < 4.78 is 6.08. The Morgan fingerprint density at radius 3 is 2.17 bits per heavy atom. The highest BCUT2D eigenvalue weighted by Gasteiger charge is 2.22. The summed E-state index contributed by atoms with van der Waals surface area (Å²) in [6.45, 7) is 4.92. The van der Waals surface area contributed by atoms with Crippen LogP contribution >= 0.6 is 0 Å². The largest absolute Gasteiger partial charge is 0.443 e. The summed E-state index contributed by atoms with van der Waals surface area (Å²) >= 11 is 0. The van der Waals surface area contributed by atoms with E-state index in [0.29, 0.717) is 9.13 Å². The average Bonchev–Trinajstić information content (AvgIpc) is 2.46. The lowest BCUT2D eigenvalue weighted by Crippen LogP contribution is -2.46. The first-order valence-corrected chi connectivity index (χ1v) is 6.88. The van der Waals surface area contributed by atoms with Crippen LogP contribution in [0.4, 0.5) is 4.79 Å². The van der Waals surface area contributed by atoms with E-state index in [1.807, 2.05) is 0 Å². The van der Waals surface area contributed by atoms with Gasteiger partial charge in [0.15, 0.2) is 0 Å². The molecule has 0 N–H and O–H groups in total. The molecule has 0 amide bonds. The molecule has 0 aliphatic heterocycles. The predicted molar refractivity (Wildman–Crippen MR) is 82.8 cm³/mol. The van der Waals surface area contributed by atoms with Gasteiger partial charge >= 0.3 is 11.8 Å². The highest BCUT2D eigenvalue weighted by Crippen LogP contribution is 2.07. The van der Waals surface area contributed by atoms with Crippen molar-refractivity contribution >= 4 is 12.0 Å². The van der Waals surface area contributed by atoms with Crippen molar-refractivity contribution in [2.75, 3.05) is 0 Å². The number of benzene rings is 1. The number of nitrogens with zero attached hydrogens (tertiary/aromatic N) is 2. The zero-order valence-corrected chi connectivity index (χ0v) is 13.0. The molecule has 0 radical (unpaired) electrons. The normalized spacial score (nSPS) is 11.1. The molecule has 0 atom stereocenters. The van der Waals surface area contributed by atoms with Crippen molar-refractivity contribution in [3.8, 4) is 0 Å². The molecule has 0 unspecified atom stereocenters. The third kappa shape index (κ3) is 3.63. The second kappa shape index (κ2) is 6.04. The maximum atomic E-state index is 12.3. The van der Waals surface area contributed by atoms with Gasteiger partial charge in [0.25, 0.3) is 11.5 Å². The topological polar surface area (TPSA) is 87.4 Å². The summed E-state index contributed by atoms with van der Waals surface area (Å²) in [5.74, 6) is -0.807. The molecule has 1 aromatic heterocycles. The van der Waals surface area contributed by atoms with Crippen LogP contribution in [0.3, 0.4) is 0 Å². The average molecular weight is 316 g/mol. The van der Waals surface area contributed by atoms with Crippen LogP contribution in [0.15, 0.2) is 52.2 Å². The second-order valence-electron chi connectivity index (χ2n) is 5.79. The minimum Gasteiger partial charge on any atom is -0.443 e. The molecule has 23 heavy (non-hydrogen) atoms. The van der Waals surface area contributed by atoms with Gasteiger partial charge in [0.2, 0.25) is 0 Å². The number of hydrogen-bond acceptors (Lipinski definition) is 5. The molecular weight excluding hydrogens is 300 g/mol. The van der Waals surface area contributed by atoms with Crippen LogP contribution in [0.2, 0.25) is 0 Å². The zero-order valence-electron chi connectivity index (χ0n) is 13.0. The van der Waals surface area contributed by atoms with Crippen molar-refractivity contribution in [3.05, 3.63) is 69.0 Å². The van der Waals surface area contributed by atoms with Crippen molar-refractivity contribution in [2.45, 2.75) is 26.4 Å². The minimum absolute atomic E-state index is 0.161. The smallest absolute Gasteiger partial charge is 0.422 e. The van der Waals surface area contributed by atoms with Crippen molar-refractivity contribution in [1.82, 2.24) is 9.13 Å². The van der Waals surface area contributed by atoms with E-state index in [2.05, 4.69) is 0 Å². The summed E-state index contributed by atoms with van der Waals surface area (Å²) in [7, 11) is 0. The van der Waals surface area contributed by atoms with E-state index in [1.54, 1.807) is 39.0 Å². The number of aromatic nitrogens is 2. The number of ether oxygens (including phenoxy) is 1. The van der Waals surface area contributed by atoms with Crippen molar-refractivity contribution in [3.63, 3.8) is 0 Å². The van der Waals surface area contributed by atoms with E-state index in [-0.39, 0.29) is 5.56 Å². The van der Waals surface area contributed by atoms with Gasteiger partial charge in [-0.15, -0.1) is 0 Å². The molecule has 0 fully saturated rings. The first-order chi connectivity index (χ1) is 10.7. The Hall–Kier alpha value is -2.96. The fourth-order valence-electron chi connectivity index (χ4n) is 1.83. The van der Waals surface area contributed by atoms with Crippen LogP contribution in [0.5, 0.6) is 0 Å². The second-order valence-corrected chi connectivity index (χ2v) is 5.79. The molecule has 1 heterocycles. The summed E-state index contributed by atoms with van der Waals surface area (Å²) in [4.78, 5) is 48.6. The molecule has 0 saturated heterocycles. The standard InChI is InChI=1S/C16H16N2O5/c1-16(2,3)23-15(22)17-10-9-12(19)18(14(17)21)13(20)11-7-5-4-6-8-11/h4-10H,1-3H3. The molecule has 7 nitrogen and oxygen atoms in total. The lowest BCUT2D eigenvalue weighted by Gasteiger charge is -2.19. The van der Waals surface area contributed by atoms with Gasteiger partial charge in [-0.25, -0.2) is 14.2 Å². The molecule has 0 bridgehead atoms. The molecule has 0 saturated carbocycles. The van der Waals surface area contributed by atoms with Gasteiger partial charge in [0.1, 0.15) is 5.60 Å². The van der Waals surface area contributed by atoms with Gasteiger partial charge in [0, 0.05) is 17.8 Å². The number of carbonyl (C=O) groups excluding carboxylic acids is 2. The van der Waals surface area contributed by atoms with E-state index < -0.39 is 28.9 Å². The van der Waals surface area contributed by atoms with Crippen LogP contribution in [0, 0.1) is 0 Å². The number of carbonyl (C=O) groups is 2. The third-order valence-electron chi connectivity index (χ3n) is 2.80. The zero-order chi connectivity index (χ0) is 17.2. The first kappa shape index (κ1) is 16.4. The molecular formula is C16H16N2O5. The van der Waals surface area contributed by atoms with Crippen LogP contribution < -0.4 is 11.2 Å². The number of rotatable bonds is 1. The van der Waals surface area contributed by atoms with E-state index in [4.69, 9.17) is 4.74 Å². The van der Waals surface area contributed by atoms with Crippen LogP contribution in [0.1, 0.15) is 31.1 Å². The van der Waals surface area contributed by atoms with Crippen molar-refractivity contribution in [1.29, 1.82) is 0 Å². The van der Waals surface area contributed by atoms with Gasteiger partial charge < -0.3 is 4.74 Å². The molecule has 0 aliphatic carbocycles. The first-order valence-electron chi connectivity index (χ1n) is 6.88. The Bertz CT molecular complexity index is 857. The van der Waals surface area contributed by atoms with E-state index in [9.17, 15) is 19.2 Å². The maximum absolute atomic E-state index is 12.3. The maximum Gasteiger partial charge on any atom is 0.422 e. The van der Waals surface area contributed by atoms with Gasteiger partial charge in [-0.2, -0.15) is 4.57 Å². The van der Waals surface area contributed by atoms with Crippen LogP contribution in [0.25, 0.3) is 0 Å². The Morgan fingerprint density at radius 1 is 1.00 bits per heavy atom. The lowest BCUT2D eigenvalue weighted by atomic mass is 10.2. The highest BCUT2D eigenvalue weighted by atomic mass is 16.6. The van der Waals surface area contributed by atoms with Gasteiger partial charge in [-0.3, -0.25) is 9.59 Å². The third-order valence-corrected chi connectivity index (χ3v) is 2.80. The Kier molecular flexibility index (Phi) is 4.31. The molecule has 0 spiro atoms. The molecule has 0 aliphatic rings. The summed E-state index contributed by atoms with van der Waals surface area (Å²) in [6, 6.07) is 8.81. The SMILES string of the molecule is CC(C)(C)OC(=O)n1ccc(=O)n(C(=O)c2ccccc2)c1=O. The van der Waals surface area contributed by atoms with Crippen molar-refractivity contribution in [2.24, 2.45) is 0 Å². The fraction of sp³-hybridized carbons (Fsp3) is 0.250. The van der Waals surface area contributed by atoms with Crippen molar-refractivity contribution < 1.29 is 14.3 Å². The Balaban J connectivity index is 2.53. The summed E-state index contributed by atoms with van der Waals surface area (Å²) in [5.41, 5.74) is -2.54. The highest BCUT2D eigenvalue weighted by molar-refractivity contribution is 5.95. The van der Waals surface area contributed by atoms with E-state index in [1.165, 1.54) is 12.1 Å². The Morgan fingerprint density at radius 2 is 1.61 bits per heavy atom.